The van der Waals surface area contributed by atoms with Gasteiger partial charge >= 0.3 is 5.37 Å². The molecule has 2 heterocycles. The number of carbonyl (C=O) groups excluding carboxylic acids is 1. The van der Waals surface area contributed by atoms with E-state index in [2.05, 4.69) is 0 Å². The van der Waals surface area contributed by atoms with Gasteiger partial charge in [-0.25, -0.2) is 0 Å². The molecule has 4 heteroatoms. The van der Waals surface area contributed by atoms with E-state index >= 15 is 0 Å². The van der Waals surface area contributed by atoms with Crippen molar-refractivity contribution in [1.82, 2.24) is 4.90 Å². The predicted octanol–water partition coefficient (Wildman–Crippen LogP) is 1.21. The minimum atomic E-state index is -0.319. The maximum atomic E-state index is 10.9. The number of fused-ring (bicyclic) bond motifs is 2. The predicted molar refractivity (Wildman–Crippen MR) is 40.7 cm³/mol. The van der Waals surface area contributed by atoms with Crippen molar-refractivity contribution in [2.24, 2.45) is 0 Å². The lowest BCUT2D eigenvalue weighted by Crippen LogP contribution is -2.46. The summed E-state index contributed by atoms with van der Waals surface area (Å²) in [5, 5.41) is -0.319. The van der Waals surface area contributed by atoms with Crippen molar-refractivity contribution in [3.8, 4) is 0 Å². The third kappa shape index (κ3) is 1.12. The van der Waals surface area contributed by atoms with Crippen LogP contribution in [0.5, 0.6) is 0 Å². The van der Waals surface area contributed by atoms with Crippen LogP contribution in [-0.4, -0.2) is 35.6 Å². The van der Waals surface area contributed by atoms with Gasteiger partial charge in [0.05, 0.1) is 25.3 Å². The molecule has 3 nitrogen and oxygen atoms in total. The molecule has 62 valence electrons. The molecule has 2 unspecified atom stereocenters. The highest BCUT2D eigenvalue weighted by Crippen LogP contribution is 2.29. The summed E-state index contributed by atoms with van der Waals surface area (Å²) in [4.78, 5) is 12.7. The Balaban J connectivity index is 2.15. The van der Waals surface area contributed by atoms with Crippen molar-refractivity contribution in [2.45, 2.75) is 24.9 Å². The van der Waals surface area contributed by atoms with Gasteiger partial charge in [0.2, 0.25) is 0 Å². The van der Waals surface area contributed by atoms with Gasteiger partial charge in [0.1, 0.15) is 0 Å². The molecule has 0 N–H and O–H groups in total. The first-order valence-electron chi connectivity index (χ1n) is 3.84. The molecule has 2 rings (SSSR count). The van der Waals surface area contributed by atoms with E-state index in [-0.39, 0.29) is 17.5 Å². The first-order chi connectivity index (χ1) is 5.29. The van der Waals surface area contributed by atoms with Crippen LogP contribution in [0.2, 0.25) is 0 Å². The third-order valence-corrected chi connectivity index (χ3v) is 2.64. The molecule has 0 radical (unpaired) electrons. The molecule has 2 atom stereocenters. The summed E-state index contributed by atoms with van der Waals surface area (Å²) in [7, 11) is 0. The van der Waals surface area contributed by atoms with Gasteiger partial charge in [0.25, 0.3) is 0 Å². The minimum Gasteiger partial charge on any atom is -0.377 e. The van der Waals surface area contributed by atoms with Gasteiger partial charge in [-0.1, -0.05) is 0 Å². The molecule has 0 aromatic carbocycles. The number of rotatable bonds is 0. The number of hydrogen-bond donors (Lipinski definition) is 0. The van der Waals surface area contributed by atoms with E-state index in [4.69, 9.17) is 16.3 Å². The Kier molecular flexibility index (Phi) is 1.77. The number of morpholine rings is 1. The zero-order chi connectivity index (χ0) is 7.84. The largest absolute Gasteiger partial charge is 0.377 e. The summed E-state index contributed by atoms with van der Waals surface area (Å²) >= 11 is 5.42. The topological polar surface area (TPSA) is 29.5 Å². The maximum Gasteiger partial charge on any atom is 0.317 e. The molecule has 0 aromatic rings. The van der Waals surface area contributed by atoms with Gasteiger partial charge in [-0.05, 0) is 24.4 Å². The average Bonchev–Trinajstić information content (AvgIpc) is 2.23. The van der Waals surface area contributed by atoms with Gasteiger partial charge in [-0.15, -0.1) is 0 Å². The fourth-order valence-electron chi connectivity index (χ4n) is 1.92. The molecule has 0 aromatic heterocycles. The zero-order valence-corrected chi connectivity index (χ0v) is 6.88. The number of halogens is 1. The van der Waals surface area contributed by atoms with Gasteiger partial charge in [-0.3, -0.25) is 4.79 Å². The highest BCUT2D eigenvalue weighted by atomic mass is 35.5. The van der Waals surface area contributed by atoms with E-state index < -0.39 is 0 Å². The number of amides is 1. The van der Waals surface area contributed by atoms with Crippen LogP contribution < -0.4 is 0 Å². The van der Waals surface area contributed by atoms with Gasteiger partial charge < -0.3 is 9.64 Å². The summed E-state index contributed by atoms with van der Waals surface area (Å²) < 4.78 is 5.28. The molecule has 0 spiro atoms. The second kappa shape index (κ2) is 2.64. The van der Waals surface area contributed by atoms with Crippen LogP contribution in [0.1, 0.15) is 12.8 Å². The van der Waals surface area contributed by atoms with E-state index in [0.29, 0.717) is 13.2 Å². The van der Waals surface area contributed by atoms with Crippen LogP contribution in [0.15, 0.2) is 0 Å². The normalized spacial score (nSPS) is 35.9. The Labute approximate surface area is 70.3 Å². The first-order valence-corrected chi connectivity index (χ1v) is 4.22. The number of nitrogens with zero attached hydrogens (tertiary/aromatic N) is 1. The highest BCUT2D eigenvalue weighted by molar-refractivity contribution is 6.62. The van der Waals surface area contributed by atoms with Crippen molar-refractivity contribution in [1.29, 1.82) is 0 Å². The quantitative estimate of drug-likeness (QED) is 0.409. The van der Waals surface area contributed by atoms with E-state index in [1.807, 2.05) is 0 Å². The number of ether oxygens (including phenoxy) is 1. The fraction of sp³-hybridized carbons (Fsp3) is 0.857. The Morgan fingerprint density at radius 2 is 1.91 bits per heavy atom. The standard InChI is InChI=1S/C7H10ClNO2/c8-7(10)9-5-1-2-6(9)4-11-3-5/h5-6H,1-4H2. The SMILES string of the molecule is O=C(Cl)N1C2CCC1COC2. The molecule has 1 amide bonds. The molecular formula is C7H10ClNO2. The average molecular weight is 176 g/mol. The number of hydrogen-bond acceptors (Lipinski definition) is 2. The molecule has 2 fully saturated rings. The Morgan fingerprint density at radius 3 is 2.27 bits per heavy atom. The second-order valence-corrected chi connectivity index (χ2v) is 3.41. The van der Waals surface area contributed by atoms with Crippen molar-refractivity contribution < 1.29 is 9.53 Å². The Hall–Kier alpha value is -0.280. The lowest BCUT2D eigenvalue weighted by molar-refractivity contribution is 0.0120. The molecule has 2 aliphatic rings. The Bertz CT molecular complexity index is 169. The van der Waals surface area contributed by atoms with Crippen LogP contribution in [-0.2, 0) is 4.74 Å². The van der Waals surface area contributed by atoms with Crippen molar-refractivity contribution >= 4 is 17.0 Å². The van der Waals surface area contributed by atoms with E-state index in [0.717, 1.165) is 12.8 Å². The Morgan fingerprint density at radius 1 is 1.36 bits per heavy atom. The fourth-order valence-corrected chi connectivity index (χ4v) is 2.19. The third-order valence-electron chi connectivity index (χ3n) is 2.44. The van der Waals surface area contributed by atoms with Crippen molar-refractivity contribution in [2.75, 3.05) is 13.2 Å². The molecule has 0 aliphatic carbocycles. The summed E-state index contributed by atoms with van der Waals surface area (Å²) in [6, 6.07) is 0.498. The van der Waals surface area contributed by atoms with Crippen LogP contribution in [0.3, 0.4) is 0 Å². The van der Waals surface area contributed by atoms with E-state index in [9.17, 15) is 4.79 Å². The van der Waals surface area contributed by atoms with Crippen molar-refractivity contribution in [3.05, 3.63) is 0 Å². The molecule has 11 heavy (non-hydrogen) atoms. The summed E-state index contributed by atoms with van der Waals surface area (Å²) in [6.45, 7) is 1.32. The lowest BCUT2D eigenvalue weighted by atomic mass is 10.2. The first kappa shape index (κ1) is 7.37. The van der Waals surface area contributed by atoms with Gasteiger partial charge in [0.15, 0.2) is 0 Å². The van der Waals surface area contributed by atoms with E-state index in [1.54, 1.807) is 4.90 Å². The van der Waals surface area contributed by atoms with Crippen LogP contribution in [0.4, 0.5) is 4.79 Å². The van der Waals surface area contributed by atoms with Crippen LogP contribution in [0, 0.1) is 0 Å². The highest BCUT2D eigenvalue weighted by Gasteiger charge is 2.39. The number of carbonyl (C=O) groups is 1. The molecule has 2 aliphatic heterocycles. The smallest absolute Gasteiger partial charge is 0.317 e. The van der Waals surface area contributed by atoms with Crippen molar-refractivity contribution in [3.63, 3.8) is 0 Å². The molecule has 2 bridgehead atoms. The van der Waals surface area contributed by atoms with Gasteiger partial charge in [-0.2, -0.15) is 0 Å². The van der Waals surface area contributed by atoms with E-state index in [1.165, 1.54) is 0 Å². The monoisotopic (exact) mass is 175 g/mol. The lowest BCUT2D eigenvalue weighted by Gasteiger charge is -2.32. The summed E-state index contributed by atoms with van der Waals surface area (Å²) in [5.41, 5.74) is 0. The summed E-state index contributed by atoms with van der Waals surface area (Å²) in [5.74, 6) is 0. The molecular weight excluding hydrogens is 166 g/mol. The molecule has 0 saturated carbocycles. The van der Waals surface area contributed by atoms with Crippen LogP contribution in [0.25, 0.3) is 0 Å². The zero-order valence-electron chi connectivity index (χ0n) is 6.12. The minimum absolute atomic E-state index is 0.249. The molecule has 2 saturated heterocycles. The maximum absolute atomic E-state index is 10.9. The second-order valence-electron chi connectivity index (χ2n) is 3.08. The van der Waals surface area contributed by atoms with Crippen LogP contribution >= 0.6 is 11.6 Å². The summed E-state index contributed by atoms with van der Waals surface area (Å²) in [6.07, 6.45) is 2.09. The van der Waals surface area contributed by atoms with Gasteiger partial charge in [0, 0.05) is 0 Å².